The van der Waals surface area contributed by atoms with Gasteiger partial charge in [0.2, 0.25) is 5.91 Å². The number of urea groups is 1. The third-order valence-corrected chi connectivity index (χ3v) is 6.97. The Balaban J connectivity index is 1.32. The van der Waals surface area contributed by atoms with Crippen molar-refractivity contribution in [2.75, 3.05) is 22.9 Å². The fraction of sp³-hybridized carbons (Fsp3) is 0.333. The van der Waals surface area contributed by atoms with E-state index in [4.69, 9.17) is 0 Å². The summed E-state index contributed by atoms with van der Waals surface area (Å²) in [6.07, 6.45) is 3.09. The van der Waals surface area contributed by atoms with E-state index in [9.17, 15) is 14.4 Å². The number of hydrogen-bond acceptors (Lipinski definition) is 6. The number of aromatic nitrogens is 2. The van der Waals surface area contributed by atoms with Crippen LogP contribution in [-0.2, 0) is 23.4 Å². The van der Waals surface area contributed by atoms with Gasteiger partial charge >= 0.3 is 6.03 Å². The number of H-pyrrole nitrogens is 1. The van der Waals surface area contributed by atoms with Gasteiger partial charge in [-0.1, -0.05) is 6.07 Å². The van der Waals surface area contributed by atoms with Gasteiger partial charge < -0.3 is 20.9 Å². The summed E-state index contributed by atoms with van der Waals surface area (Å²) in [6, 6.07) is 6.66. The minimum atomic E-state index is -0.295. The number of thioether (sulfide) groups is 1. The minimum Gasteiger partial charge on any atom is -0.338 e. The monoisotopic (exact) mass is 457 g/mol. The SMILES string of the molecule is CCNC(=O)Nc1cccc(NC(=O)CSCc2nc3sc4c(c3c(=O)[nH]2)CCC4)c1. The summed E-state index contributed by atoms with van der Waals surface area (Å²) in [6.45, 7) is 2.37. The van der Waals surface area contributed by atoms with Gasteiger partial charge in [-0.2, -0.15) is 0 Å². The fourth-order valence-electron chi connectivity index (χ4n) is 3.56. The number of aromatic amines is 1. The molecular weight excluding hydrogens is 434 g/mol. The highest BCUT2D eigenvalue weighted by atomic mass is 32.2. The standard InChI is InChI=1S/C21H23N5O3S2/c1-2-22-21(29)24-13-6-3-5-12(9-13)23-17(27)11-30-10-16-25-19(28)18-14-7-4-8-15(14)31-20(18)26-16/h3,5-6,9H,2,4,7-8,10-11H2,1H3,(H,23,27)(H2,22,24,29)(H,25,26,28). The molecular formula is C21H23N5O3S2. The second-order valence-electron chi connectivity index (χ2n) is 7.16. The van der Waals surface area contributed by atoms with E-state index < -0.39 is 0 Å². The van der Waals surface area contributed by atoms with Crippen molar-refractivity contribution in [1.82, 2.24) is 15.3 Å². The Morgan fingerprint density at radius 1 is 1.23 bits per heavy atom. The van der Waals surface area contributed by atoms with E-state index in [2.05, 4.69) is 25.9 Å². The van der Waals surface area contributed by atoms with Crippen LogP contribution in [0.25, 0.3) is 10.2 Å². The number of carbonyl (C=O) groups excluding carboxylic acids is 2. The molecule has 3 aromatic rings. The van der Waals surface area contributed by atoms with Gasteiger partial charge in [0.25, 0.3) is 5.56 Å². The topological polar surface area (TPSA) is 116 Å². The van der Waals surface area contributed by atoms with Crippen molar-refractivity contribution in [3.8, 4) is 0 Å². The quantitative estimate of drug-likeness (QED) is 0.433. The lowest BCUT2D eigenvalue weighted by molar-refractivity contribution is -0.113. The fourth-order valence-corrected chi connectivity index (χ4v) is 5.53. The molecule has 1 aliphatic carbocycles. The molecule has 0 unspecified atom stereocenters. The number of nitrogens with one attached hydrogen (secondary N) is 4. The minimum absolute atomic E-state index is 0.0825. The van der Waals surface area contributed by atoms with Crippen molar-refractivity contribution in [1.29, 1.82) is 0 Å². The first-order valence-corrected chi connectivity index (χ1v) is 12.1. The van der Waals surface area contributed by atoms with E-state index in [-0.39, 0.29) is 23.3 Å². The molecule has 8 nitrogen and oxygen atoms in total. The van der Waals surface area contributed by atoms with Crippen LogP contribution in [0.4, 0.5) is 16.2 Å². The average Bonchev–Trinajstić information content (AvgIpc) is 3.29. The highest BCUT2D eigenvalue weighted by molar-refractivity contribution is 7.99. The van der Waals surface area contributed by atoms with E-state index in [1.807, 2.05) is 6.92 Å². The summed E-state index contributed by atoms with van der Waals surface area (Å²) >= 11 is 2.99. The molecule has 1 aromatic carbocycles. The van der Waals surface area contributed by atoms with Crippen LogP contribution in [0.1, 0.15) is 29.6 Å². The zero-order valence-corrected chi connectivity index (χ0v) is 18.7. The van der Waals surface area contributed by atoms with Gasteiger partial charge in [-0.3, -0.25) is 9.59 Å². The highest BCUT2D eigenvalue weighted by Crippen LogP contribution is 2.34. The molecule has 0 spiro atoms. The Labute approximate surface area is 187 Å². The molecule has 31 heavy (non-hydrogen) atoms. The van der Waals surface area contributed by atoms with E-state index in [1.54, 1.807) is 35.6 Å². The van der Waals surface area contributed by atoms with Gasteiger partial charge in [-0.25, -0.2) is 9.78 Å². The molecule has 0 bridgehead atoms. The Kier molecular flexibility index (Phi) is 6.57. The van der Waals surface area contributed by atoms with Crippen LogP contribution in [-0.4, -0.2) is 34.2 Å². The molecule has 162 valence electrons. The number of amides is 3. The third-order valence-electron chi connectivity index (χ3n) is 4.84. The van der Waals surface area contributed by atoms with Crippen molar-refractivity contribution in [2.24, 2.45) is 0 Å². The zero-order chi connectivity index (χ0) is 21.8. The van der Waals surface area contributed by atoms with Crippen LogP contribution in [0.5, 0.6) is 0 Å². The molecule has 10 heteroatoms. The summed E-state index contributed by atoms with van der Waals surface area (Å²) in [5.41, 5.74) is 2.27. The first-order valence-electron chi connectivity index (χ1n) is 10.1. The van der Waals surface area contributed by atoms with Crippen molar-refractivity contribution >= 4 is 56.6 Å². The summed E-state index contributed by atoms with van der Waals surface area (Å²) < 4.78 is 0. The van der Waals surface area contributed by atoms with Crippen LogP contribution in [0.3, 0.4) is 0 Å². The lowest BCUT2D eigenvalue weighted by atomic mass is 10.2. The first-order chi connectivity index (χ1) is 15.0. The molecule has 0 fully saturated rings. The smallest absolute Gasteiger partial charge is 0.319 e. The van der Waals surface area contributed by atoms with Crippen LogP contribution in [0.2, 0.25) is 0 Å². The number of rotatable bonds is 7. The molecule has 3 amide bonds. The molecule has 0 saturated carbocycles. The maximum Gasteiger partial charge on any atom is 0.319 e. The Bertz CT molecular complexity index is 1190. The van der Waals surface area contributed by atoms with Crippen LogP contribution < -0.4 is 21.5 Å². The summed E-state index contributed by atoms with van der Waals surface area (Å²) in [7, 11) is 0. The molecule has 4 rings (SSSR count). The van der Waals surface area contributed by atoms with Gasteiger partial charge in [-0.05, 0) is 49.9 Å². The zero-order valence-electron chi connectivity index (χ0n) is 17.0. The number of benzene rings is 1. The number of thiophene rings is 1. The second-order valence-corrected chi connectivity index (χ2v) is 9.23. The molecule has 0 radical (unpaired) electrons. The van der Waals surface area contributed by atoms with Crippen LogP contribution in [0, 0.1) is 0 Å². The van der Waals surface area contributed by atoms with Crippen molar-refractivity contribution in [2.45, 2.75) is 31.9 Å². The van der Waals surface area contributed by atoms with Crippen molar-refractivity contribution < 1.29 is 9.59 Å². The molecule has 0 aliphatic heterocycles. The van der Waals surface area contributed by atoms with E-state index >= 15 is 0 Å². The number of anilines is 2. The lowest BCUT2D eigenvalue weighted by Gasteiger charge is -2.09. The molecule has 4 N–H and O–H groups in total. The van der Waals surface area contributed by atoms with E-state index in [0.717, 1.165) is 35.0 Å². The first kappa shape index (κ1) is 21.4. The van der Waals surface area contributed by atoms with Crippen molar-refractivity contribution in [3.63, 3.8) is 0 Å². The molecule has 1 aliphatic rings. The lowest BCUT2D eigenvalue weighted by Crippen LogP contribution is -2.28. The summed E-state index contributed by atoms with van der Waals surface area (Å²) in [5.74, 6) is 1.08. The number of carbonyl (C=O) groups is 2. The Morgan fingerprint density at radius 3 is 2.84 bits per heavy atom. The van der Waals surface area contributed by atoms with Gasteiger partial charge in [-0.15, -0.1) is 23.1 Å². The average molecular weight is 458 g/mol. The van der Waals surface area contributed by atoms with Crippen molar-refractivity contribution in [3.05, 3.63) is 50.9 Å². The van der Waals surface area contributed by atoms with E-state index in [1.165, 1.54) is 16.6 Å². The number of aryl methyl sites for hydroxylation is 2. The van der Waals surface area contributed by atoms with Crippen LogP contribution >= 0.6 is 23.1 Å². The molecule has 0 saturated heterocycles. The Hall–Kier alpha value is -2.85. The Morgan fingerprint density at radius 2 is 2.03 bits per heavy atom. The maximum absolute atomic E-state index is 12.5. The molecule has 2 aromatic heterocycles. The number of hydrogen-bond donors (Lipinski definition) is 4. The second kappa shape index (κ2) is 9.52. The maximum atomic E-state index is 12.5. The van der Waals surface area contributed by atoms with Gasteiger partial charge in [0.05, 0.1) is 16.9 Å². The van der Waals surface area contributed by atoms with Crippen LogP contribution in [0.15, 0.2) is 29.1 Å². The number of nitrogens with zero attached hydrogens (tertiary/aromatic N) is 1. The van der Waals surface area contributed by atoms with E-state index in [0.29, 0.717) is 29.5 Å². The van der Waals surface area contributed by atoms with Gasteiger partial charge in [0.15, 0.2) is 0 Å². The van der Waals surface area contributed by atoms with Gasteiger partial charge in [0.1, 0.15) is 10.7 Å². The summed E-state index contributed by atoms with van der Waals surface area (Å²) in [4.78, 5) is 46.0. The summed E-state index contributed by atoms with van der Waals surface area (Å²) in [5, 5.41) is 8.92. The number of fused-ring (bicyclic) bond motifs is 3. The predicted molar refractivity (Wildman–Crippen MR) is 126 cm³/mol. The predicted octanol–water partition coefficient (Wildman–Crippen LogP) is 3.49. The normalized spacial score (nSPS) is 12.5. The van der Waals surface area contributed by atoms with Gasteiger partial charge in [0, 0.05) is 22.8 Å². The molecule has 2 heterocycles. The largest absolute Gasteiger partial charge is 0.338 e. The third kappa shape index (κ3) is 5.08. The highest BCUT2D eigenvalue weighted by Gasteiger charge is 2.21. The molecule has 0 atom stereocenters.